The minimum absolute atomic E-state index is 0.582. The molecule has 0 spiro atoms. The lowest BCUT2D eigenvalue weighted by Crippen LogP contribution is -2.06. The Labute approximate surface area is 100 Å². The normalized spacial score (nSPS) is 12.6. The molecule has 1 unspecified atom stereocenters. The summed E-state index contributed by atoms with van der Waals surface area (Å²) in [4.78, 5) is 4.14. The summed E-state index contributed by atoms with van der Waals surface area (Å²) in [5.74, 6) is 0.643. The molecule has 90 valence electrons. The number of imidazole rings is 1. The molecule has 4 heteroatoms. The molecule has 0 fully saturated rings. The third-order valence-corrected chi connectivity index (χ3v) is 2.71. The van der Waals surface area contributed by atoms with Gasteiger partial charge in [-0.1, -0.05) is 24.3 Å². The van der Waals surface area contributed by atoms with Gasteiger partial charge in [0.25, 0.3) is 0 Å². The van der Waals surface area contributed by atoms with Crippen LogP contribution in [0.3, 0.4) is 0 Å². The summed E-state index contributed by atoms with van der Waals surface area (Å²) in [5, 5.41) is 10.2. The van der Waals surface area contributed by atoms with Crippen molar-refractivity contribution < 1.29 is 9.84 Å². The van der Waals surface area contributed by atoms with Gasteiger partial charge < -0.3 is 14.4 Å². The van der Waals surface area contributed by atoms with E-state index >= 15 is 0 Å². The van der Waals surface area contributed by atoms with Crippen LogP contribution in [-0.4, -0.2) is 21.8 Å². The van der Waals surface area contributed by atoms with E-state index in [0.29, 0.717) is 12.4 Å². The van der Waals surface area contributed by atoms with Crippen molar-refractivity contribution in [2.24, 2.45) is 7.05 Å². The number of ether oxygens (including phenoxy) is 1. The smallest absolute Gasteiger partial charge is 0.142 e. The maximum absolute atomic E-state index is 10.2. The predicted octanol–water partition coefficient (Wildman–Crippen LogP) is 1.65. The number of methoxy groups -OCH3 is 1. The van der Waals surface area contributed by atoms with Crippen molar-refractivity contribution in [3.05, 3.63) is 53.6 Å². The predicted molar refractivity (Wildman–Crippen MR) is 64.4 cm³/mol. The van der Waals surface area contributed by atoms with E-state index in [2.05, 4.69) is 4.98 Å². The molecular formula is C13H16N2O2. The maximum atomic E-state index is 10.2. The Balaban J connectivity index is 2.20. The first kappa shape index (κ1) is 11.8. The van der Waals surface area contributed by atoms with Crippen molar-refractivity contribution in [1.82, 2.24) is 9.55 Å². The molecule has 2 aromatic rings. The molecule has 0 aliphatic carbocycles. The highest BCUT2D eigenvalue weighted by Gasteiger charge is 2.14. The maximum Gasteiger partial charge on any atom is 0.142 e. The fourth-order valence-electron chi connectivity index (χ4n) is 1.75. The van der Waals surface area contributed by atoms with Gasteiger partial charge in [-0.05, 0) is 11.1 Å². The molecule has 1 N–H and O–H groups in total. The molecule has 0 amide bonds. The first-order valence-corrected chi connectivity index (χ1v) is 5.45. The van der Waals surface area contributed by atoms with Gasteiger partial charge in [-0.15, -0.1) is 0 Å². The van der Waals surface area contributed by atoms with Crippen LogP contribution < -0.4 is 0 Å². The largest absolute Gasteiger partial charge is 0.380 e. The molecule has 0 aliphatic rings. The average molecular weight is 232 g/mol. The zero-order valence-corrected chi connectivity index (χ0v) is 10.00. The summed E-state index contributed by atoms with van der Waals surface area (Å²) in [7, 11) is 3.53. The van der Waals surface area contributed by atoms with Crippen LogP contribution in [0, 0.1) is 0 Å². The molecule has 2 rings (SSSR count). The number of nitrogens with zero attached hydrogens (tertiary/aromatic N) is 2. The minimum Gasteiger partial charge on any atom is -0.380 e. The highest BCUT2D eigenvalue weighted by atomic mass is 16.5. The average Bonchev–Trinajstić information content (AvgIpc) is 2.76. The van der Waals surface area contributed by atoms with Gasteiger partial charge in [0.2, 0.25) is 0 Å². The number of aliphatic hydroxyl groups excluding tert-OH is 1. The fourth-order valence-corrected chi connectivity index (χ4v) is 1.75. The third kappa shape index (κ3) is 2.54. The van der Waals surface area contributed by atoms with Gasteiger partial charge in [0, 0.05) is 26.6 Å². The van der Waals surface area contributed by atoms with Gasteiger partial charge in [-0.2, -0.15) is 0 Å². The highest BCUT2D eigenvalue weighted by Crippen LogP contribution is 2.20. The Morgan fingerprint density at radius 2 is 2.06 bits per heavy atom. The molecule has 4 nitrogen and oxygen atoms in total. The molecule has 1 heterocycles. The topological polar surface area (TPSA) is 47.3 Å². The second-order valence-corrected chi connectivity index (χ2v) is 3.97. The number of aromatic nitrogens is 2. The standard InChI is InChI=1S/C13H16N2O2/c1-15-8-7-14-13(15)12(16)11-5-3-10(4-6-11)9-17-2/h3-8,12,16H,9H2,1-2H3. The molecule has 1 atom stereocenters. The van der Waals surface area contributed by atoms with Crippen molar-refractivity contribution in [3.8, 4) is 0 Å². The summed E-state index contributed by atoms with van der Waals surface area (Å²) < 4.78 is 6.85. The van der Waals surface area contributed by atoms with Crippen molar-refractivity contribution in [3.63, 3.8) is 0 Å². The molecular weight excluding hydrogens is 216 g/mol. The fraction of sp³-hybridized carbons (Fsp3) is 0.308. The Hall–Kier alpha value is -1.65. The van der Waals surface area contributed by atoms with Crippen LogP contribution in [0.25, 0.3) is 0 Å². The van der Waals surface area contributed by atoms with Crippen LogP contribution in [0.15, 0.2) is 36.7 Å². The van der Waals surface area contributed by atoms with Gasteiger partial charge >= 0.3 is 0 Å². The van der Waals surface area contributed by atoms with E-state index in [9.17, 15) is 5.11 Å². The SMILES string of the molecule is COCc1ccc(C(O)c2nccn2C)cc1. The highest BCUT2D eigenvalue weighted by molar-refractivity contribution is 5.27. The molecule has 0 saturated heterocycles. The lowest BCUT2D eigenvalue weighted by Gasteiger charge is -2.11. The summed E-state index contributed by atoms with van der Waals surface area (Å²) in [5.41, 5.74) is 1.92. The van der Waals surface area contributed by atoms with Crippen molar-refractivity contribution in [2.75, 3.05) is 7.11 Å². The second kappa shape index (κ2) is 5.12. The zero-order chi connectivity index (χ0) is 12.3. The molecule has 0 saturated carbocycles. The van der Waals surface area contributed by atoms with Crippen LogP contribution in [0.1, 0.15) is 23.1 Å². The monoisotopic (exact) mass is 232 g/mol. The van der Waals surface area contributed by atoms with Gasteiger partial charge in [-0.25, -0.2) is 4.98 Å². The van der Waals surface area contributed by atoms with E-state index in [-0.39, 0.29) is 0 Å². The Kier molecular flexibility index (Phi) is 3.56. The number of rotatable bonds is 4. The molecule has 0 bridgehead atoms. The Morgan fingerprint density at radius 1 is 1.35 bits per heavy atom. The van der Waals surface area contributed by atoms with Gasteiger partial charge in [0.05, 0.1) is 6.61 Å². The van der Waals surface area contributed by atoms with E-state index < -0.39 is 6.10 Å². The zero-order valence-electron chi connectivity index (χ0n) is 10.00. The molecule has 1 aromatic heterocycles. The number of hydrogen-bond donors (Lipinski definition) is 1. The minimum atomic E-state index is -0.688. The van der Waals surface area contributed by atoms with Gasteiger partial charge in [-0.3, -0.25) is 0 Å². The Bertz CT molecular complexity index is 476. The van der Waals surface area contributed by atoms with Crippen LogP contribution >= 0.6 is 0 Å². The lowest BCUT2D eigenvalue weighted by molar-refractivity contribution is 0.184. The summed E-state index contributed by atoms with van der Waals surface area (Å²) in [6.07, 6.45) is 2.81. The van der Waals surface area contributed by atoms with Crippen LogP contribution in [0.4, 0.5) is 0 Å². The van der Waals surface area contributed by atoms with E-state index in [4.69, 9.17) is 4.74 Å². The molecule has 17 heavy (non-hydrogen) atoms. The van der Waals surface area contributed by atoms with Crippen molar-refractivity contribution >= 4 is 0 Å². The van der Waals surface area contributed by atoms with Crippen LogP contribution in [-0.2, 0) is 18.4 Å². The van der Waals surface area contributed by atoms with Crippen molar-refractivity contribution in [2.45, 2.75) is 12.7 Å². The first-order valence-electron chi connectivity index (χ1n) is 5.45. The van der Waals surface area contributed by atoms with Gasteiger partial charge in [0.1, 0.15) is 11.9 Å². The van der Waals surface area contributed by atoms with Crippen LogP contribution in [0.2, 0.25) is 0 Å². The first-order chi connectivity index (χ1) is 8.22. The molecule has 1 aromatic carbocycles. The number of hydrogen-bond acceptors (Lipinski definition) is 3. The van der Waals surface area contributed by atoms with E-state index in [1.807, 2.05) is 42.1 Å². The van der Waals surface area contributed by atoms with Crippen molar-refractivity contribution in [1.29, 1.82) is 0 Å². The third-order valence-electron chi connectivity index (χ3n) is 2.71. The second-order valence-electron chi connectivity index (χ2n) is 3.97. The van der Waals surface area contributed by atoms with Crippen LogP contribution in [0.5, 0.6) is 0 Å². The molecule has 0 radical (unpaired) electrons. The summed E-state index contributed by atoms with van der Waals surface area (Å²) >= 11 is 0. The van der Waals surface area contributed by atoms with E-state index in [1.54, 1.807) is 13.3 Å². The summed E-state index contributed by atoms with van der Waals surface area (Å²) in [6.45, 7) is 0.582. The lowest BCUT2D eigenvalue weighted by atomic mass is 10.1. The number of aliphatic hydroxyl groups is 1. The van der Waals surface area contributed by atoms with E-state index in [1.165, 1.54) is 0 Å². The quantitative estimate of drug-likeness (QED) is 0.872. The van der Waals surface area contributed by atoms with E-state index in [0.717, 1.165) is 11.1 Å². The van der Waals surface area contributed by atoms with Gasteiger partial charge in [0.15, 0.2) is 0 Å². The number of benzene rings is 1. The molecule has 0 aliphatic heterocycles. The Morgan fingerprint density at radius 3 is 2.59 bits per heavy atom. The number of aryl methyl sites for hydroxylation is 1. The summed E-state index contributed by atoms with van der Waals surface area (Å²) in [6, 6.07) is 7.69.